The molecule has 0 fully saturated rings. The van der Waals surface area contributed by atoms with Gasteiger partial charge in [-0.2, -0.15) is 0 Å². The zero-order valence-electron chi connectivity index (χ0n) is 10.3. The second-order valence-electron chi connectivity index (χ2n) is 4.02. The molecule has 2 N–H and O–H groups in total. The van der Waals surface area contributed by atoms with Gasteiger partial charge in [0.15, 0.2) is 4.34 Å². The van der Waals surface area contributed by atoms with Crippen LogP contribution in [-0.2, 0) is 6.54 Å². The highest BCUT2D eigenvalue weighted by Gasteiger charge is 2.11. The predicted molar refractivity (Wildman–Crippen MR) is 78.4 cm³/mol. The highest BCUT2D eigenvalue weighted by atomic mass is 32.2. The summed E-state index contributed by atoms with van der Waals surface area (Å²) >= 11 is 3.20. The van der Waals surface area contributed by atoms with Gasteiger partial charge in [0.25, 0.3) is 0 Å². The van der Waals surface area contributed by atoms with E-state index < -0.39 is 0 Å². The summed E-state index contributed by atoms with van der Waals surface area (Å²) in [5, 5.41) is 10.3. The van der Waals surface area contributed by atoms with Crippen LogP contribution in [0.25, 0.3) is 10.9 Å². The molecule has 2 aromatic heterocycles. The number of benzene rings is 1. The van der Waals surface area contributed by atoms with Gasteiger partial charge in [-0.05, 0) is 18.6 Å². The lowest BCUT2D eigenvalue weighted by atomic mass is 10.1. The van der Waals surface area contributed by atoms with E-state index in [1.165, 1.54) is 0 Å². The number of hydrogen-bond donors (Lipinski definition) is 1. The van der Waals surface area contributed by atoms with Crippen LogP contribution in [0.15, 0.2) is 39.7 Å². The quantitative estimate of drug-likeness (QED) is 0.802. The van der Waals surface area contributed by atoms with Crippen molar-refractivity contribution in [1.82, 2.24) is 15.2 Å². The fourth-order valence-electron chi connectivity index (χ4n) is 1.83. The highest BCUT2D eigenvalue weighted by molar-refractivity contribution is 8.01. The van der Waals surface area contributed by atoms with Gasteiger partial charge < -0.3 is 5.73 Å². The number of para-hydroxylation sites is 1. The lowest BCUT2D eigenvalue weighted by molar-refractivity contribution is 0.979. The van der Waals surface area contributed by atoms with Crippen molar-refractivity contribution in [3.05, 3.63) is 41.0 Å². The van der Waals surface area contributed by atoms with Crippen molar-refractivity contribution < 1.29 is 0 Å². The Bertz CT molecular complexity index is 723. The van der Waals surface area contributed by atoms with E-state index in [2.05, 4.69) is 21.2 Å². The van der Waals surface area contributed by atoms with Crippen molar-refractivity contribution in [2.45, 2.75) is 22.7 Å². The van der Waals surface area contributed by atoms with Crippen molar-refractivity contribution in [3.63, 3.8) is 0 Å². The molecule has 0 amide bonds. The van der Waals surface area contributed by atoms with Crippen molar-refractivity contribution >= 4 is 34.0 Å². The van der Waals surface area contributed by atoms with Gasteiger partial charge in [0, 0.05) is 23.0 Å². The number of pyridine rings is 1. The Morgan fingerprint density at radius 2 is 2.11 bits per heavy atom. The van der Waals surface area contributed by atoms with Gasteiger partial charge in [-0.15, -0.1) is 10.2 Å². The molecule has 19 heavy (non-hydrogen) atoms. The summed E-state index contributed by atoms with van der Waals surface area (Å²) in [6, 6.07) is 8.07. The third-order valence-corrected chi connectivity index (χ3v) is 4.79. The van der Waals surface area contributed by atoms with E-state index in [0.29, 0.717) is 6.54 Å². The summed E-state index contributed by atoms with van der Waals surface area (Å²) in [6.07, 6.45) is 1.85. The molecule has 4 nitrogen and oxygen atoms in total. The molecular weight excluding hydrogens is 276 g/mol. The lowest BCUT2D eigenvalue weighted by Gasteiger charge is -2.08. The fraction of sp³-hybridized carbons (Fsp3) is 0.154. The molecule has 2 heterocycles. The maximum Gasteiger partial charge on any atom is 0.179 e. The summed E-state index contributed by atoms with van der Waals surface area (Å²) in [4.78, 5) is 5.56. The van der Waals surface area contributed by atoms with Gasteiger partial charge in [0.2, 0.25) is 0 Å². The number of fused-ring (bicyclic) bond motifs is 1. The maximum atomic E-state index is 5.81. The molecule has 0 aliphatic heterocycles. The molecule has 96 valence electrons. The normalized spacial score (nSPS) is 11.1. The van der Waals surface area contributed by atoms with E-state index in [9.17, 15) is 0 Å². The molecule has 0 radical (unpaired) electrons. The van der Waals surface area contributed by atoms with Gasteiger partial charge in [-0.3, -0.25) is 4.98 Å². The van der Waals surface area contributed by atoms with E-state index in [1.54, 1.807) is 23.1 Å². The summed E-state index contributed by atoms with van der Waals surface area (Å²) in [6.45, 7) is 2.42. The Morgan fingerprint density at radius 3 is 2.84 bits per heavy atom. The van der Waals surface area contributed by atoms with E-state index in [4.69, 9.17) is 5.73 Å². The number of nitrogens with zero attached hydrogens (tertiary/aromatic N) is 3. The first-order valence-corrected chi connectivity index (χ1v) is 7.46. The van der Waals surface area contributed by atoms with Crippen LogP contribution >= 0.6 is 23.1 Å². The van der Waals surface area contributed by atoms with Crippen LogP contribution in [0.5, 0.6) is 0 Å². The SMILES string of the molecule is Cc1nnc(Sc2c(CN)cnc3ccccc23)s1. The van der Waals surface area contributed by atoms with Crippen LogP contribution in [0.4, 0.5) is 0 Å². The number of nitrogens with two attached hydrogens (primary N) is 1. The molecule has 0 aliphatic rings. The van der Waals surface area contributed by atoms with E-state index in [0.717, 1.165) is 30.7 Å². The predicted octanol–water partition coefficient (Wildman–Crippen LogP) is 3.00. The first kappa shape index (κ1) is 12.5. The zero-order valence-corrected chi connectivity index (χ0v) is 12.0. The van der Waals surface area contributed by atoms with Crippen molar-refractivity contribution in [1.29, 1.82) is 0 Å². The highest BCUT2D eigenvalue weighted by Crippen LogP contribution is 2.36. The molecule has 6 heteroatoms. The molecule has 0 spiro atoms. The zero-order chi connectivity index (χ0) is 13.2. The average Bonchev–Trinajstić information content (AvgIpc) is 2.85. The molecule has 3 aromatic rings. The van der Waals surface area contributed by atoms with Crippen molar-refractivity contribution in [2.24, 2.45) is 5.73 Å². The van der Waals surface area contributed by atoms with E-state index >= 15 is 0 Å². The second kappa shape index (κ2) is 5.24. The van der Waals surface area contributed by atoms with Gasteiger partial charge in [0.05, 0.1) is 5.52 Å². The van der Waals surface area contributed by atoms with Crippen molar-refractivity contribution in [2.75, 3.05) is 0 Å². The number of hydrogen-bond acceptors (Lipinski definition) is 6. The van der Waals surface area contributed by atoms with E-state index in [1.807, 2.05) is 31.3 Å². The number of aromatic nitrogens is 3. The lowest BCUT2D eigenvalue weighted by Crippen LogP contribution is -2.00. The molecule has 0 unspecified atom stereocenters. The fourth-order valence-corrected chi connectivity index (χ4v) is 3.83. The van der Waals surface area contributed by atoms with Crippen LogP contribution in [0.1, 0.15) is 10.6 Å². The minimum Gasteiger partial charge on any atom is -0.326 e. The Kier molecular flexibility index (Phi) is 3.46. The molecule has 0 bridgehead atoms. The van der Waals surface area contributed by atoms with Gasteiger partial charge in [-0.25, -0.2) is 0 Å². The molecular formula is C13H12N4S2. The molecule has 0 saturated heterocycles. The summed E-state index contributed by atoms with van der Waals surface area (Å²) in [7, 11) is 0. The molecule has 0 saturated carbocycles. The first-order valence-electron chi connectivity index (χ1n) is 5.82. The minimum absolute atomic E-state index is 0.470. The summed E-state index contributed by atoms with van der Waals surface area (Å²) in [5.41, 5.74) is 7.83. The second-order valence-corrected chi connectivity index (χ2v) is 6.46. The van der Waals surface area contributed by atoms with Crippen LogP contribution < -0.4 is 5.73 Å². The summed E-state index contributed by atoms with van der Waals surface area (Å²) in [5.74, 6) is 0. The third-order valence-electron chi connectivity index (χ3n) is 2.72. The molecule has 1 aromatic carbocycles. The van der Waals surface area contributed by atoms with Gasteiger partial charge >= 0.3 is 0 Å². The van der Waals surface area contributed by atoms with E-state index in [-0.39, 0.29) is 0 Å². The monoisotopic (exact) mass is 288 g/mol. The topological polar surface area (TPSA) is 64.7 Å². The Hall–Kier alpha value is -1.50. The Morgan fingerprint density at radius 1 is 1.26 bits per heavy atom. The number of aryl methyl sites for hydroxylation is 1. The molecule has 0 aliphatic carbocycles. The molecule has 3 rings (SSSR count). The summed E-state index contributed by atoms with van der Waals surface area (Å²) < 4.78 is 0.934. The maximum absolute atomic E-state index is 5.81. The smallest absolute Gasteiger partial charge is 0.179 e. The minimum atomic E-state index is 0.470. The van der Waals surface area contributed by atoms with Crippen LogP contribution in [0.3, 0.4) is 0 Å². The van der Waals surface area contributed by atoms with Crippen molar-refractivity contribution in [3.8, 4) is 0 Å². The number of rotatable bonds is 3. The largest absolute Gasteiger partial charge is 0.326 e. The van der Waals surface area contributed by atoms with Crippen LogP contribution in [-0.4, -0.2) is 15.2 Å². The first-order chi connectivity index (χ1) is 9.28. The standard InChI is InChI=1S/C13H12N4S2/c1-8-16-17-13(18-8)19-12-9(6-14)7-15-11-5-3-2-4-10(11)12/h2-5,7H,6,14H2,1H3. The van der Waals surface area contributed by atoms with Crippen LogP contribution in [0, 0.1) is 6.92 Å². The third kappa shape index (κ3) is 2.47. The average molecular weight is 288 g/mol. The van der Waals surface area contributed by atoms with Gasteiger partial charge in [0.1, 0.15) is 5.01 Å². The van der Waals surface area contributed by atoms with Crippen LogP contribution in [0.2, 0.25) is 0 Å². The van der Waals surface area contributed by atoms with Gasteiger partial charge in [-0.1, -0.05) is 41.3 Å². The molecule has 0 atom stereocenters. The Labute approximate surface area is 119 Å². The Balaban J connectivity index is 2.14.